The van der Waals surface area contributed by atoms with Gasteiger partial charge in [-0.15, -0.1) is 0 Å². The van der Waals surface area contributed by atoms with Gasteiger partial charge < -0.3 is 19.7 Å². The number of phenols is 1. The van der Waals surface area contributed by atoms with Crippen molar-refractivity contribution in [1.82, 2.24) is 20.2 Å². The summed E-state index contributed by atoms with van der Waals surface area (Å²) in [5.41, 5.74) is 4.00. The smallest absolute Gasteiger partial charge is 0.163 e. The molecule has 0 amide bonds. The maximum Gasteiger partial charge on any atom is 0.163 e. The van der Waals surface area contributed by atoms with Gasteiger partial charge in [-0.05, 0) is 72.2 Å². The summed E-state index contributed by atoms with van der Waals surface area (Å²) in [4.78, 5) is 29.7. The first-order valence-electron chi connectivity index (χ1n) is 14.2. The van der Waals surface area contributed by atoms with E-state index in [1.165, 1.54) is 18.8 Å². The van der Waals surface area contributed by atoms with E-state index in [1.54, 1.807) is 18.2 Å². The van der Waals surface area contributed by atoms with Gasteiger partial charge in [-0.3, -0.25) is 14.9 Å². The Labute approximate surface area is 249 Å². The molecule has 5 rings (SSSR count). The number of imidazole rings is 1. The second kappa shape index (κ2) is 13.4. The molecule has 0 aliphatic carbocycles. The van der Waals surface area contributed by atoms with Crippen molar-refractivity contribution in [2.24, 2.45) is 5.92 Å². The zero-order chi connectivity index (χ0) is 28.8. The van der Waals surface area contributed by atoms with Gasteiger partial charge >= 0.3 is 0 Å². The number of carbonyl (C=O) groups excluding carboxylic acids is 2. The molecular formula is C31H38N4O4S2. The van der Waals surface area contributed by atoms with E-state index < -0.39 is 0 Å². The number of aromatic hydroxyl groups is 1. The summed E-state index contributed by atoms with van der Waals surface area (Å²) in [6, 6.07) is 3.44. The third-order valence-electron chi connectivity index (χ3n) is 8.07. The van der Waals surface area contributed by atoms with Crippen molar-refractivity contribution in [3.05, 3.63) is 71.5 Å². The van der Waals surface area contributed by atoms with E-state index in [2.05, 4.69) is 33.2 Å². The van der Waals surface area contributed by atoms with Crippen LogP contribution in [-0.4, -0.2) is 56.5 Å². The number of hydrogen-bond donors (Lipinski definition) is 3. The maximum atomic E-state index is 12.7. The van der Waals surface area contributed by atoms with Crippen molar-refractivity contribution in [2.75, 3.05) is 19.4 Å². The number of hydrogen-bond acceptors (Lipinski definition) is 9. The summed E-state index contributed by atoms with van der Waals surface area (Å²) in [6.45, 7) is 3.87. The fraction of sp³-hybridized carbons (Fsp3) is 0.452. The molecule has 2 bridgehead atoms. The third-order valence-corrected chi connectivity index (χ3v) is 11.4. The lowest BCUT2D eigenvalue weighted by molar-refractivity contribution is -0.124. The van der Waals surface area contributed by atoms with Crippen LogP contribution in [0.15, 0.2) is 60.4 Å². The second-order valence-corrected chi connectivity index (χ2v) is 13.7. The zero-order valence-electron chi connectivity index (χ0n) is 23.6. The van der Waals surface area contributed by atoms with Gasteiger partial charge in [0.15, 0.2) is 17.3 Å². The van der Waals surface area contributed by atoms with Crippen LogP contribution in [0.25, 0.3) is 6.08 Å². The Morgan fingerprint density at radius 3 is 2.90 bits per heavy atom. The minimum atomic E-state index is -0.215. The van der Waals surface area contributed by atoms with E-state index in [0.29, 0.717) is 24.5 Å². The van der Waals surface area contributed by atoms with Crippen LogP contribution in [0.2, 0.25) is 0 Å². The monoisotopic (exact) mass is 594 g/mol. The van der Waals surface area contributed by atoms with E-state index in [1.807, 2.05) is 46.5 Å². The van der Waals surface area contributed by atoms with Gasteiger partial charge in [-0.25, -0.2) is 4.98 Å². The highest BCUT2D eigenvalue weighted by molar-refractivity contribution is 8.77. The molecule has 0 radical (unpaired) electrons. The van der Waals surface area contributed by atoms with Gasteiger partial charge in [-0.1, -0.05) is 47.1 Å². The topological polar surface area (TPSA) is 105 Å². The number of Topliss-reactive ketones (excluding diaryl/α,β-unsaturated/α-hetero) is 1. The Bertz CT molecular complexity index is 1350. The number of rotatable bonds is 4. The molecule has 3 aliphatic heterocycles. The van der Waals surface area contributed by atoms with Gasteiger partial charge in [0, 0.05) is 37.3 Å². The first-order valence-corrected chi connectivity index (χ1v) is 16.5. The van der Waals surface area contributed by atoms with Crippen molar-refractivity contribution in [3.8, 4) is 11.5 Å². The first kappa shape index (κ1) is 29.5. The number of phenolic OH excluding ortho intramolecular Hbond substituents is 1. The molecule has 10 heteroatoms. The molecule has 3 aliphatic rings. The minimum absolute atomic E-state index is 0.0194. The fourth-order valence-electron chi connectivity index (χ4n) is 5.65. The van der Waals surface area contributed by atoms with Crippen LogP contribution < -0.4 is 15.4 Å². The number of nitrogens with zero attached hydrogens (tertiary/aromatic N) is 2. The molecule has 1 saturated heterocycles. The summed E-state index contributed by atoms with van der Waals surface area (Å²) in [7, 11) is 5.33. The number of nitrogens with one attached hydrogen (secondary N) is 2. The Morgan fingerprint density at radius 2 is 2.12 bits per heavy atom. The highest BCUT2D eigenvalue weighted by atomic mass is 33.1. The van der Waals surface area contributed by atoms with Crippen molar-refractivity contribution in [3.63, 3.8) is 0 Å². The zero-order valence-corrected chi connectivity index (χ0v) is 25.2. The van der Waals surface area contributed by atoms with Crippen molar-refractivity contribution < 1.29 is 19.4 Å². The van der Waals surface area contributed by atoms with Crippen LogP contribution in [0, 0.1) is 5.92 Å². The number of allylic oxidation sites excluding steroid dienone is 3. The average Bonchev–Trinajstić information content (AvgIpc) is 3.47. The normalized spacial score (nSPS) is 26.5. The standard InChI is InChI=1S/C31H38N4O4S2/c1-3-21-4-6-25(36)16-26(37)7-5-23-15-29(39-2)28(38)14-24(23)12-22-13-27-30(34-17-22)33-9-8-31(27,41-40-18-21)19-35-11-10-32-20-35/h5,7,10-11,13-15,17,20-21,30,33-34,38H,3-4,6,8-9,12,16,18-19H2,1-2H3/b7-5+/t21-,30?,31+/m1/s1. The number of methoxy groups -OCH3 is 1. The molecule has 0 spiro atoms. The summed E-state index contributed by atoms with van der Waals surface area (Å²) in [5.74, 6) is 1.50. The lowest BCUT2D eigenvalue weighted by Gasteiger charge is -2.45. The average molecular weight is 595 g/mol. The predicted molar refractivity (Wildman–Crippen MR) is 166 cm³/mol. The number of ether oxygens (including phenoxy) is 1. The lowest BCUT2D eigenvalue weighted by Crippen LogP contribution is -2.56. The van der Waals surface area contributed by atoms with Gasteiger partial charge in [0.1, 0.15) is 11.9 Å². The Kier molecular flexibility index (Phi) is 9.62. The number of benzene rings is 1. The largest absolute Gasteiger partial charge is 0.504 e. The Morgan fingerprint density at radius 1 is 1.24 bits per heavy atom. The van der Waals surface area contributed by atoms with Crippen LogP contribution in [-0.2, 0) is 22.6 Å². The molecule has 3 N–H and O–H groups in total. The van der Waals surface area contributed by atoms with E-state index >= 15 is 0 Å². The number of piperidine rings is 1. The van der Waals surface area contributed by atoms with Gasteiger partial charge in [0.2, 0.25) is 0 Å². The van der Waals surface area contributed by atoms with Crippen LogP contribution in [0.3, 0.4) is 0 Å². The Hall–Kier alpha value is -2.95. The number of carbonyl (C=O) groups is 2. The number of ketones is 2. The van der Waals surface area contributed by atoms with Crippen molar-refractivity contribution in [2.45, 2.75) is 62.9 Å². The molecule has 41 heavy (non-hydrogen) atoms. The number of fused-ring (bicyclic) bond motifs is 2. The van der Waals surface area contributed by atoms with Gasteiger partial charge in [0.05, 0.1) is 24.6 Å². The summed E-state index contributed by atoms with van der Waals surface area (Å²) in [5, 5.41) is 17.8. The molecule has 8 nitrogen and oxygen atoms in total. The minimum Gasteiger partial charge on any atom is -0.504 e. The summed E-state index contributed by atoms with van der Waals surface area (Å²) in [6.07, 6.45) is 16.9. The molecule has 4 heterocycles. The van der Waals surface area contributed by atoms with Crippen molar-refractivity contribution >= 4 is 39.2 Å². The van der Waals surface area contributed by atoms with E-state index in [0.717, 1.165) is 54.8 Å². The van der Waals surface area contributed by atoms with E-state index in [9.17, 15) is 14.7 Å². The quantitative estimate of drug-likeness (QED) is 0.331. The SMILES string of the molecule is CC[C@@H]1CCC(=O)CC(=O)/C=C/c2cc(OC)c(O)cc2CC2=CNC3NCC[C@@](Cn4ccnc4)(SSC1)C3=C2. The van der Waals surface area contributed by atoms with Crippen LogP contribution in [0.1, 0.15) is 50.2 Å². The van der Waals surface area contributed by atoms with Gasteiger partial charge in [-0.2, -0.15) is 0 Å². The van der Waals surface area contributed by atoms with E-state index in [-0.39, 0.29) is 34.6 Å². The third kappa shape index (κ3) is 7.10. The number of dihydropyridines is 1. The highest BCUT2D eigenvalue weighted by Crippen LogP contribution is 2.49. The second-order valence-electron chi connectivity index (χ2n) is 10.9. The van der Waals surface area contributed by atoms with Crippen LogP contribution in [0.4, 0.5) is 0 Å². The van der Waals surface area contributed by atoms with Gasteiger partial charge in [0.25, 0.3) is 0 Å². The molecular weight excluding hydrogens is 556 g/mol. The highest BCUT2D eigenvalue weighted by Gasteiger charge is 2.43. The molecule has 3 atom stereocenters. The predicted octanol–water partition coefficient (Wildman–Crippen LogP) is 5.05. The molecule has 1 aromatic heterocycles. The van der Waals surface area contributed by atoms with Crippen molar-refractivity contribution in [1.29, 1.82) is 0 Å². The molecule has 2 aromatic rings. The summed E-state index contributed by atoms with van der Waals surface area (Å²) < 4.78 is 7.36. The molecule has 218 valence electrons. The molecule has 1 fully saturated rings. The molecule has 1 aromatic carbocycles. The number of aromatic nitrogens is 2. The first-order chi connectivity index (χ1) is 19.9. The Balaban J connectivity index is 1.55. The fourth-order valence-corrected chi connectivity index (χ4v) is 9.36. The van der Waals surface area contributed by atoms with Crippen LogP contribution in [0.5, 0.6) is 11.5 Å². The van der Waals surface area contributed by atoms with E-state index in [4.69, 9.17) is 4.74 Å². The molecule has 0 saturated carbocycles. The summed E-state index contributed by atoms with van der Waals surface area (Å²) >= 11 is 0. The lowest BCUT2D eigenvalue weighted by atomic mass is 9.84. The van der Waals surface area contributed by atoms with Crippen LogP contribution >= 0.6 is 21.6 Å². The molecule has 1 unspecified atom stereocenters. The maximum absolute atomic E-state index is 12.7.